The van der Waals surface area contributed by atoms with Crippen molar-refractivity contribution in [2.24, 2.45) is 11.8 Å². The second-order valence-corrected chi connectivity index (χ2v) is 6.05. The van der Waals surface area contributed by atoms with Gasteiger partial charge in [-0.25, -0.2) is 0 Å². The fourth-order valence-electron chi connectivity index (χ4n) is 2.24. The molecular weight excluding hydrogens is 300 g/mol. The van der Waals surface area contributed by atoms with Crippen LogP contribution in [0.4, 0.5) is 0 Å². The molecule has 0 saturated heterocycles. The van der Waals surface area contributed by atoms with Crippen LogP contribution in [-0.4, -0.2) is 21.2 Å². The van der Waals surface area contributed by atoms with Crippen LogP contribution in [0.3, 0.4) is 0 Å². The average Bonchev–Trinajstić information content (AvgIpc) is 2.09. The first-order valence-electron chi connectivity index (χ1n) is 4.45. The number of ketones is 2. The summed E-state index contributed by atoms with van der Waals surface area (Å²) in [5.74, 6) is 0.775. The van der Waals surface area contributed by atoms with Gasteiger partial charge in [0.15, 0.2) is 0 Å². The summed E-state index contributed by atoms with van der Waals surface area (Å²) in [6, 6.07) is 0. The van der Waals surface area contributed by atoms with Gasteiger partial charge in [0.2, 0.25) is 0 Å². The molecule has 4 unspecified atom stereocenters. The van der Waals surface area contributed by atoms with Crippen LogP contribution in [0.15, 0.2) is 0 Å². The Labute approximate surface area is 93.7 Å². The van der Waals surface area contributed by atoms with Crippen molar-refractivity contribution in [1.82, 2.24) is 0 Å². The van der Waals surface area contributed by atoms with E-state index in [1.165, 1.54) is 0 Å². The van der Waals surface area contributed by atoms with Gasteiger partial charge in [-0.05, 0) is 19.3 Å². The number of hydrogen-bond donors (Lipinski definition) is 0. The molecule has 0 radical (unpaired) electrons. The molecule has 4 heteroatoms. The second kappa shape index (κ2) is 3.46. The number of alkyl halides is 2. The van der Waals surface area contributed by atoms with Crippen LogP contribution in [0.25, 0.3) is 0 Å². The van der Waals surface area contributed by atoms with E-state index in [9.17, 15) is 9.59 Å². The maximum atomic E-state index is 11.6. The lowest BCUT2D eigenvalue weighted by Crippen LogP contribution is -2.45. The van der Waals surface area contributed by atoms with Gasteiger partial charge in [-0.1, -0.05) is 31.9 Å². The zero-order valence-electron chi connectivity index (χ0n) is 7.00. The van der Waals surface area contributed by atoms with Gasteiger partial charge in [0.05, 0.1) is 9.65 Å². The quantitative estimate of drug-likeness (QED) is 0.642. The number of rotatable bonds is 0. The highest BCUT2D eigenvalue weighted by atomic mass is 79.9. The van der Waals surface area contributed by atoms with Crippen LogP contribution in [0.1, 0.15) is 19.3 Å². The Morgan fingerprint density at radius 3 is 1.62 bits per heavy atom. The SMILES string of the molecule is O=C1C(Br)CC2CC1CC(Br)C2=O. The van der Waals surface area contributed by atoms with Crippen LogP contribution in [0, 0.1) is 11.8 Å². The monoisotopic (exact) mass is 308 g/mol. The Hall–Kier alpha value is 0.300. The predicted octanol–water partition coefficient (Wildman–Crippen LogP) is 2.08. The Morgan fingerprint density at radius 1 is 0.846 bits per heavy atom. The topological polar surface area (TPSA) is 34.1 Å². The number of halogens is 2. The fourth-order valence-corrected chi connectivity index (χ4v) is 3.89. The molecule has 0 amide bonds. The largest absolute Gasteiger partial charge is 0.298 e. The van der Waals surface area contributed by atoms with Gasteiger partial charge in [-0.15, -0.1) is 0 Å². The molecule has 0 aromatic heterocycles. The lowest BCUT2D eigenvalue weighted by molar-refractivity contribution is -0.133. The van der Waals surface area contributed by atoms with E-state index in [0.717, 1.165) is 6.42 Å². The van der Waals surface area contributed by atoms with Crippen LogP contribution < -0.4 is 0 Å². The van der Waals surface area contributed by atoms with Crippen LogP contribution >= 0.6 is 31.9 Å². The first kappa shape index (κ1) is 9.84. The normalized spacial score (nSPS) is 45.1. The first-order valence-corrected chi connectivity index (χ1v) is 6.28. The summed E-state index contributed by atoms with van der Waals surface area (Å²) in [5.41, 5.74) is 0. The van der Waals surface area contributed by atoms with Gasteiger partial charge in [0.25, 0.3) is 0 Å². The number of carbonyl (C=O) groups is 2. The molecule has 2 fully saturated rings. The highest BCUT2D eigenvalue weighted by molar-refractivity contribution is 9.10. The molecule has 0 spiro atoms. The lowest BCUT2D eigenvalue weighted by Gasteiger charge is -2.36. The highest BCUT2D eigenvalue weighted by Gasteiger charge is 2.44. The maximum Gasteiger partial charge on any atom is 0.149 e. The third kappa shape index (κ3) is 1.63. The zero-order valence-corrected chi connectivity index (χ0v) is 10.2. The summed E-state index contributed by atoms with van der Waals surface area (Å²) in [5, 5.41) is 0. The molecule has 4 atom stereocenters. The summed E-state index contributed by atoms with van der Waals surface area (Å²) in [7, 11) is 0. The molecule has 72 valence electrons. The van der Waals surface area contributed by atoms with Gasteiger partial charge >= 0.3 is 0 Å². The van der Waals surface area contributed by atoms with Gasteiger partial charge in [0.1, 0.15) is 11.6 Å². The average molecular weight is 310 g/mol. The predicted molar refractivity (Wildman–Crippen MR) is 56.3 cm³/mol. The minimum Gasteiger partial charge on any atom is -0.298 e. The van der Waals surface area contributed by atoms with Crippen molar-refractivity contribution < 1.29 is 9.59 Å². The van der Waals surface area contributed by atoms with Gasteiger partial charge in [-0.3, -0.25) is 9.59 Å². The van der Waals surface area contributed by atoms with Gasteiger partial charge in [0, 0.05) is 11.8 Å². The zero-order chi connectivity index (χ0) is 9.59. The summed E-state index contributed by atoms with van der Waals surface area (Å²) in [6.45, 7) is 0. The van der Waals surface area contributed by atoms with E-state index in [-0.39, 0.29) is 33.1 Å². The fraction of sp³-hybridized carbons (Fsp3) is 0.778. The molecule has 13 heavy (non-hydrogen) atoms. The highest BCUT2D eigenvalue weighted by Crippen LogP contribution is 2.40. The molecule has 2 bridgehead atoms. The molecule has 2 aliphatic rings. The van der Waals surface area contributed by atoms with Crippen molar-refractivity contribution >= 4 is 43.4 Å². The number of Topliss-reactive ketones (excluding diaryl/α,β-unsaturated/α-hetero) is 2. The van der Waals surface area contributed by atoms with Gasteiger partial charge < -0.3 is 0 Å². The van der Waals surface area contributed by atoms with Crippen molar-refractivity contribution in [2.45, 2.75) is 28.9 Å². The molecule has 2 saturated carbocycles. The molecule has 0 aliphatic heterocycles. The summed E-state index contributed by atoms with van der Waals surface area (Å²) < 4.78 is 0. The molecule has 0 aromatic carbocycles. The van der Waals surface area contributed by atoms with E-state index >= 15 is 0 Å². The number of carbonyl (C=O) groups excluding carboxylic acids is 2. The van der Waals surface area contributed by atoms with E-state index in [1.807, 2.05) is 0 Å². The molecule has 2 rings (SSSR count). The molecule has 0 aromatic rings. The summed E-state index contributed by atoms with van der Waals surface area (Å²) in [4.78, 5) is 23.1. The minimum atomic E-state index is -0.0831. The molecule has 0 heterocycles. The Bertz CT molecular complexity index is 234. The van der Waals surface area contributed by atoms with Crippen molar-refractivity contribution in [3.63, 3.8) is 0 Å². The molecule has 2 aliphatic carbocycles. The van der Waals surface area contributed by atoms with Crippen LogP contribution in [0.2, 0.25) is 0 Å². The standard InChI is InChI=1S/C9H10Br2O2/c10-6-2-4-1-5(9(6)13)3-7(11)8(4)12/h4-7H,1-3H2. The molecule has 2 nitrogen and oxygen atoms in total. The summed E-state index contributed by atoms with van der Waals surface area (Å²) >= 11 is 6.68. The minimum absolute atomic E-state index is 0.0831. The maximum absolute atomic E-state index is 11.6. The van der Waals surface area contributed by atoms with Crippen molar-refractivity contribution in [3.8, 4) is 0 Å². The second-order valence-electron chi connectivity index (χ2n) is 3.84. The van der Waals surface area contributed by atoms with E-state index in [2.05, 4.69) is 31.9 Å². The van der Waals surface area contributed by atoms with Crippen molar-refractivity contribution in [1.29, 1.82) is 0 Å². The van der Waals surface area contributed by atoms with Gasteiger partial charge in [-0.2, -0.15) is 0 Å². The summed E-state index contributed by atoms with van der Waals surface area (Å²) in [6.07, 6.45) is 2.16. The van der Waals surface area contributed by atoms with E-state index in [1.54, 1.807) is 0 Å². The molecule has 0 N–H and O–H groups in total. The number of fused-ring (bicyclic) bond motifs is 2. The van der Waals surface area contributed by atoms with Crippen molar-refractivity contribution in [2.75, 3.05) is 0 Å². The number of hydrogen-bond acceptors (Lipinski definition) is 2. The lowest BCUT2D eigenvalue weighted by atomic mass is 9.71. The van der Waals surface area contributed by atoms with Crippen LogP contribution in [0.5, 0.6) is 0 Å². The first-order chi connectivity index (χ1) is 6.09. The Balaban J connectivity index is 2.21. The smallest absolute Gasteiger partial charge is 0.149 e. The van der Waals surface area contributed by atoms with E-state index < -0.39 is 0 Å². The Morgan fingerprint density at radius 2 is 1.23 bits per heavy atom. The van der Waals surface area contributed by atoms with Crippen molar-refractivity contribution in [3.05, 3.63) is 0 Å². The third-order valence-electron chi connectivity index (χ3n) is 2.97. The Kier molecular flexibility index (Phi) is 2.62. The van der Waals surface area contributed by atoms with Crippen LogP contribution in [-0.2, 0) is 9.59 Å². The molecular formula is C9H10Br2O2. The van der Waals surface area contributed by atoms with E-state index in [4.69, 9.17) is 0 Å². The van der Waals surface area contributed by atoms with E-state index in [0.29, 0.717) is 12.8 Å². The third-order valence-corrected chi connectivity index (χ3v) is 4.62.